The van der Waals surface area contributed by atoms with Gasteiger partial charge in [0, 0.05) is 57.9 Å². The van der Waals surface area contributed by atoms with Gasteiger partial charge in [-0.05, 0) is 12.1 Å². The fraction of sp³-hybridized carbons (Fsp3) is 0.529. The number of hydrogen-bond donors (Lipinski definition) is 0. The van der Waals surface area contributed by atoms with Gasteiger partial charge < -0.3 is 19.4 Å². The molecule has 0 spiro atoms. The monoisotopic (exact) mass is 317 g/mol. The van der Waals surface area contributed by atoms with E-state index in [1.165, 1.54) is 0 Å². The van der Waals surface area contributed by atoms with Crippen LogP contribution in [0.1, 0.15) is 6.42 Å². The zero-order chi connectivity index (χ0) is 16.4. The number of carbonyl (C=O) groups is 2. The van der Waals surface area contributed by atoms with Crippen LogP contribution < -0.4 is 9.64 Å². The summed E-state index contributed by atoms with van der Waals surface area (Å²) in [5, 5.41) is 0. The first-order valence-corrected chi connectivity index (χ1v) is 8.00. The maximum absolute atomic E-state index is 12.5. The molecule has 2 amide bonds. The molecule has 3 rings (SSSR count). The number of likely N-dealkylation sites (tertiary alicyclic amines) is 1. The molecule has 1 aromatic carbocycles. The van der Waals surface area contributed by atoms with Crippen LogP contribution in [-0.2, 0) is 9.59 Å². The van der Waals surface area contributed by atoms with E-state index < -0.39 is 0 Å². The third-order valence-corrected chi connectivity index (χ3v) is 4.70. The minimum Gasteiger partial charge on any atom is -0.497 e. The van der Waals surface area contributed by atoms with Crippen molar-refractivity contribution in [1.82, 2.24) is 9.80 Å². The van der Waals surface area contributed by atoms with Crippen molar-refractivity contribution in [1.29, 1.82) is 0 Å². The summed E-state index contributed by atoms with van der Waals surface area (Å²) in [5.74, 6) is 0.857. The predicted octanol–water partition coefficient (Wildman–Crippen LogP) is 0.822. The Balaban J connectivity index is 1.58. The zero-order valence-corrected chi connectivity index (χ0v) is 13.7. The molecule has 0 aliphatic carbocycles. The van der Waals surface area contributed by atoms with Gasteiger partial charge in [0.2, 0.25) is 11.8 Å². The van der Waals surface area contributed by atoms with Crippen LogP contribution >= 0.6 is 0 Å². The minimum absolute atomic E-state index is 0.0679. The van der Waals surface area contributed by atoms with Crippen LogP contribution in [0, 0.1) is 5.92 Å². The van der Waals surface area contributed by atoms with Crippen molar-refractivity contribution >= 4 is 17.5 Å². The van der Waals surface area contributed by atoms with Crippen molar-refractivity contribution < 1.29 is 14.3 Å². The van der Waals surface area contributed by atoms with Crippen LogP contribution in [0.3, 0.4) is 0 Å². The van der Waals surface area contributed by atoms with Gasteiger partial charge in [-0.15, -0.1) is 0 Å². The second-order valence-corrected chi connectivity index (χ2v) is 6.19. The van der Waals surface area contributed by atoms with Crippen LogP contribution in [0.15, 0.2) is 24.3 Å². The third kappa shape index (κ3) is 3.25. The predicted molar refractivity (Wildman–Crippen MR) is 87.5 cm³/mol. The Labute approximate surface area is 136 Å². The lowest BCUT2D eigenvalue weighted by Gasteiger charge is -2.37. The van der Waals surface area contributed by atoms with Crippen LogP contribution in [-0.4, -0.2) is 68.5 Å². The topological polar surface area (TPSA) is 53.1 Å². The van der Waals surface area contributed by atoms with Crippen LogP contribution in [0.5, 0.6) is 5.75 Å². The molecule has 2 fully saturated rings. The molecule has 6 nitrogen and oxygen atoms in total. The number of methoxy groups -OCH3 is 1. The van der Waals surface area contributed by atoms with Crippen LogP contribution in [0.4, 0.5) is 5.69 Å². The molecule has 23 heavy (non-hydrogen) atoms. The Bertz CT molecular complexity index is 597. The second kappa shape index (κ2) is 6.48. The summed E-state index contributed by atoms with van der Waals surface area (Å²) in [6, 6.07) is 7.98. The van der Waals surface area contributed by atoms with Gasteiger partial charge in [-0.25, -0.2) is 0 Å². The average Bonchev–Trinajstić information content (AvgIpc) is 2.93. The quantitative estimate of drug-likeness (QED) is 0.828. The summed E-state index contributed by atoms with van der Waals surface area (Å²) in [6.45, 7) is 3.55. The molecule has 0 saturated carbocycles. The molecule has 1 aromatic rings. The number of amides is 2. The van der Waals surface area contributed by atoms with Gasteiger partial charge in [0.15, 0.2) is 0 Å². The highest BCUT2D eigenvalue weighted by Gasteiger charge is 2.35. The molecular formula is C17H23N3O3. The van der Waals surface area contributed by atoms with E-state index in [0.717, 1.165) is 24.5 Å². The number of ether oxygens (including phenoxy) is 1. The number of hydrogen-bond acceptors (Lipinski definition) is 4. The third-order valence-electron chi connectivity index (χ3n) is 4.70. The molecule has 1 unspecified atom stereocenters. The first-order chi connectivity index (χ1) is 11.1. The first-order valence-electron chi connectivity index (χ1n) is 8.00. The molecule has 0 radical (unpaired) electrons. The summed E-state index contributed by atoms with van der Waals surface area (Å²) in [7, 11) is 3.42. The van der Waals surface area contributed by atoms with E-state index in [-0.39, 0.29) is 17.7 Å². The number of benzene rings is 1. The fourth-order valence-corrected chi connectivity index (χ4v) is 3.28. The van der Waals surface area contributed by atoms with Crippen molar-refractivity contribution in [3.05, 3.63) is 24.3 Å². The van der Waals surface area contributed by atoms with Gasteiger partial charge in [-0.3, -0.25) is 9.59 Å². The normalized spacial score (nSPS) is 21.7. The number of piperazine rings is 1. The molecule has 6 heteroatoms. The average molecular weight is 317 g/mol. The Morgan fingerprint density at radius 2 is 1.96 bits per heavy atom. The van der Waals surface area contributed by atoms with E-state index in [0.29, 0.717) is 26.1 Å². The highest BCUT2D eigenvalue weighted by atomic mass is 16.5. The van der Waals surface area contributed by atoms with E-state index in [4.69, 9.17) is 4.74 Å². The molecule has 124 valence electrons. The van der Waals surface area contributed by atoms with E-state index in [1.807, 2.05) is 23.1 Å². The fourth-order valence-electron chi connectivity index (χ4n) is 3.28. The minimum atomic E-state index is -0.170. The summed E-state index contributed by atoms with van der Waals surface area (Å²) in [5.41, 5.74) is 1.12. The van der Waals surface area contributed by atoms with Gasteiger partial charge >= 0.3 is 0 Å². The molecule has 0 N–H and O–H groups in total. The highest BCUT2D eigenvalue weighted by Crippen LogP contribution is 2.24. The van der Waals surface area contributed by atoms with E-state index in [1.54, 1.807) is 19.1 Å². The van der Waals surface area contributed by atoms with Crippen molar-refractivity contribution in [3.63, 3.8) is 0 Å². The van der Waals surface area contributed by atoms with E-state index in [2.05, 4.69) is 11.0 Å². The molecule has 0 bridgehead atoms. The van der Waals surface area contributed by atoms with Gasteiger partial charge in [0.05, 0.1) is 13.0 Å². The van der Waals surface area contributed by atoms with Crippen molar-refractivity contribution in [3.8, 4) is 5.75 Å². The lowest BCUT2D eigenvalue weighted by atomic mass is 10.1. The van der Waals surface area contributed by atoms with Gasteiger partial charge in [0.25, 0.3) is 0 Å². The highest BCUT2D eigenvalue weighted by molar-refractivity contribution is 5.89. The van der Waals surface area contributed by atoms with Gasteiger partial charge in [-0.1, -0.05) is 6.07 Å². The summed E-state index contributed by atoms with van der Waals surface area (Å²) < 4.78 is 5.26. The van der Waals surface area contributed by atoms with Gasteiger partial charge in [-0.2, -0.15) is 0 Å². The molecule has 2 aliphatic heterocycles. The number of anilines is 1. The number of carbonyl (C=O) groups excluding carboxylic acids is 2. The Hall–Kier alpha value is -2.24. The standard InChI is InChI=1S/C17H23N3O3/c1-18-12-13(10-16(18)21)17(22)20-8-6-19(7-9-20)14-4-3-5-15(11-14)23-2/h3-5,11,13H,6-10,12H2,1-2H3. The molecule has 0 aromatic heterocycles. The van der Waals surface area contributed by atoms with E-state index >= 15 is 0 Å². The largest absolute Gasteiger partial charge is 0.497 e. The Kier molecular flexibility index (Phi) is 4.41. The summed E-state index contributed by atoms with van der Waals surface area (Å²) in [4.78, 5) is 30.0. The molecule has 2 heterocycles. The number of rotatable bonds is 3. The zero-order valence-electron chi connectivity index (χ0n) is 13.7. The maximum Gasteiger partial charge on any atom is 0.228 e. The van der Waals surface area contributed by atoms with Crippen LogP contribution in [0.25, 0.3) is 0 Å². The lowest BCUT2D eigenvalue weighted by molar-refractivity contribution is -0.136. The molecular weight excluding hydrogens is 294 g/mol. The lowest BCUT2D eigenvalue weighted by Crippen LogP contribution is -2.50. The van der Waals surface area contributed by atoms with E-state index in [9.17, 15) is 9.59 Å². The Morgan fingerprint density at radius 1 is 1.22 bits per heavy atom. The smallest absolute Gasteiger partial charge is 0.228 e. The number of nitrogens with zero attached hydrogens (tertiary/aromatic N) is 3. The molecule has 2 saturated heterocycles. The molecule has 2 aliphatic rings. The van der Waals surface area contributed by atoms with Crippen molar-refractivity contribution in [2.24, 2.45) is 5.92 Å². The van der Waals surface area contributed by atoms with Gasteiger partial charge in [0.1, 0.15) is 5.75 Å². The first kappa shape index (κ1) is 15.6. The summed E-state index contributed by atoms with van der Waals surface area (Å²) >= 11 is 0. The Morgan fingerprint density at radius 3 is 2.57 bits per heavy atom. The van der Waals surface area contributed by atoms with Crippen molar-refractivity contribution in [2.75, 3.05) is 51.8 Å². The van der Waals surface area contributed by atoms with Crippen molar-refractivity contribution in [2.45, 2.75) is 6.42 Å². The molecule has 1 atom stereocenters. The maximum atomic E-state index is 12.5. The summed E-state index contributed by atoms with van der Waals surface area (Å²) in [6.07, 6.45) is 0.353. The van der Waals surface area contributed by atoms with Crippen LogP contribution in [0.2, 0.25) is 0 Å². The SMILES string of the molecule is COc1cccc(N2CCN(C(=O)C3CC(=O)N(C)C3)CC2)c1. The second-order valence-electron chi connectivity index (χ2n) is 6.19.